The Hall–Kier alpha value is -0.440. The number of nitrogens with zero attached hydrogens (tertiary/aromatic N) is 3. The average Bonchev–Trinajstić information content (AvgIpc) is 2.54. The third-order valence-electron chi connectivity index (χ3n) is 4.44. The molecule has 4 heteroatoms. The first-order valence-corrected chi connectivity index (χ1v) is 9.81. The third-order valence-corrected chi connectivity index (χ3v) is 4.44. The Kier molecular flexibility index (Phi) is 17.7. The van der Waals surface area contributed by atoms with Crippen molar-refractivity contribution >= 4 is 5.96 Å². The van der Waals surface area contributed by atoms with Crippen LogP contribution in [0.1, 0.15) is 80.1 Å². The number of hydrogen-bond donors (Lipinski definition) is 0. The summed E-state index contributed by atoms with van der Waals surface area (Å²) < 4.78 is 2.67. The summed E-state index contributed by atoms with van der Waals surface area (Å²) in [6, 6.07) is 0. The van der Waals surface area contributed by atoms with E-state index in [0.29, 0.717) is 0 Å². The summed E-state index contributed by atoms with van der Waals surface area (Å²) in [5.41, 5.74) is 0. The van der Waals surface area contributed by atoms with Crippen LogP contribution in [-0.4, -0.2) is 59.6 Å². The molecule has 140 valence electrons. The van der Waals surface area contributed by atoms with E-state index in [9.17, 15) is 0 Å². The van der Waals surface area contributed by atoms with Crippen molar-refractivity contribution in [1.82, 2.24) is 9.80 Å². The molecule has 0 spiro atoms. The molecule has 0 heterocycles. The second kappa shape index (κ2) is 16.4. The topological polar surface area (TPSA) is 9.49 Å². The minimum atomic E-state index is 0. The van der Waals surface area contributed by atoms with Crippen molar-refractivity contribution in [2.45, 2.75) is 80.1 Å². The van der Waals surface area contributed by atoms with Crippen molar-refractivity contribution in [3.05, 3.63) is 0 Å². The van der Waals surface area contributed by atoms with E-state index in [2.05, 4.69) is 55.9 Å². The van der Waals surface area contributed by atoms with E-state index in [1.807, 2.05) is 0 Å². The van der Waals surface area contributed by atoms with Crippen molar-refractivity contribution in [2.75, 3.05) is 39.3 Å². The van der Waals surface area contributed by atoms with Gasteiger partial charge in [-0.3, -0.25) is 14.4 Å². The molecule has 0 aliphatic heterocycles. The minimum Gasteiger partial charge on any atom is -1.00 e. The highest BCUT2D eigenvalue weighted by Gasteiger charge is 2.25. The number of guanidine groups is 1. The van der Waals surface area contributed by atoms with Gasteiger partial charge in [0.1, 0.15) is 0 Å². The van der Waals surface area contributed by atoms with E-state index < -0.39 is 0 Å². The molecule has 0 bridgehead atoms. The predicted molar refractivity (Wildman–Crippen MR) is 99.9 cm³/mol. The van der Waals surface area contributed by atoms with Gasteiger partial charge < -0.3 is 12.4 Å². The smallest absolute Gasteiger partial charge is 0.350 e. The fraction of sp³-hybridized carbons (Fsp3) is 0.947. The number of hydrogen-bond acceptors (Lipinski definition) is 0. The third kappa shape index (κ3) is 9.44. The molecule has 0 atom stereocenters. The van der Waals surface area contributed by atoms with E-state index in [0.717, 1.165) is 26.2 Å². The summed E-state index contributed by atoms with van der Waals surface area (Å²) in [6.45, 7) is 20.5. The molecule has 0 aromatic heterocycles. The predicted octanol–water partition coefficient (Wildman–Crippen LogP) is 1.42. The van der Waals surface area contributed by atoms with Crippen LogP contribution in [-0.2, 0) is 0 Å². The highest BCUT2D eigenvalue weighted by atomic mass is 35.5. The van der Waals surface area contributed by atoms with Gasteiger partial charge in [0.15, 0.2) is 0 Å². The van der Waals surface area contributed by atoms with E-state index in [1.54, 1.807) is 0 Å². The first-order valence-electron chi connectivity index (χ1n) is 9.81. The molecule has 0 fully saturated rings. The summed E-state index contributed by atoms with van der Waals surface area (Å²) >= 11 is 0. The first-order chi connectivity index (χ1) is 10.7. The zero-order chi connectivity index (χ0) is 16.8. The molecule has 0 amide bonds. The molecule has 0 N–H and O–H groups in total. The molecule has 23 heavy (non-hydrogen) atoms. The van der Waals surface area contributed by atoms with Gasteiger partial charge in [-0.15, -0.1) is 0 Å². The van der Waals surface area contributed by atoms with Crippen LogP contribution in [0, 0.1) is 0 Å². The van der Waals surface area contributed by atoms with Gasteiger partial charge >= 0.3 is 5.96 Å². The van der Waals surface area contributed by atoms with Crippen molar-refractivity contribution in [2.24, 2.45) is 0 Å². The minimum absolute atomic E-state index is 0. The zero-order valence-corrected chi connectivity index (χ0v) is 17.5. The summed E-state index contributed by atoms with van der Waals surface area (Å²) in [6.07, 6.45) is 7.91. The zero-order valence-electron chi connectivity index (χ0n) is 16.7. The van der Waals surface area contributed by atoms with Crippen LogP contribution >= 0.6 is 0 Å². The molecule has 0 saturated carbocycles. The lowest BCUT2D eigenvalue weighted by Gasteiger charge is -2.28. The lowest BCUT2D eigenvalue weighted by atomic mass is 10.2. The van der Waals surface area contributed by atoms with Crippen LogP contribution in [0.25, 0.3) is 0 Å². The van der Waals surface area contributed by atoms with Crippen LogP contribution in [0.15, 0.2) is 0 Å². The molecule has 0 aromatic carbocycles. The Morgan fingerprint density at radius 1 is 0.609 bits per heavy atom. The summed E-state index contributed by atoms with van der Waals surface area (Å²) in [5, 5.41) is 0. The van der Waals surface area contributed by atoms with E-state index >= 15 is 0 Å². The van der Waals surface area contributed by atoms with Crippen molar-refractivity contribution in [1.29, 1.82) is 0 Å². The standard InChI is InChI=1S/C19H42N3.ClH/c1-7-13-15-17-22(18-16-14-8-2)19(20(9-3)10-4)21(11-5)12-6;/h7-18H2,1-6H3;1H/q+1;/p-1. The number of unbranched alkanes of at least 4 members (excludes halogenated alkanes) is 4. The molecule has 0 unspecified atom stereocenters. The lowest BCUT2D eigenvalue weighted by molar-refractivity contribution is -0.539. The summed E-state index contributed by atoms with van der Waals surface area (Å²) in [7, 11) is 0. The van der Waals surface area contributed by atoms with Crippen molar-refractivity contribution in [3.8, 4) is 0 Å². The Bertz CT molecular complexity index is 258. The quantitative estimate of drug-likeness (QED) is 0.229. The highest BCUT2D eigenvalue weighted by Crippen LogP contribution is 2.05. The van der Waals surface area contributed by atoms with Gasteiger partial charge in [-0.05, 0) is 40.5 Å². The molecule has 0 aliphatic rings. The van der Waals surface area contributed by atoms with Crippen LogP contribution in [0.2, 0.25) is 0 Å². The van der Waals surface area contributed by atoms with Gasteiger partial charge in [0.25, 0.3) is 0 Å². The van der Waals surface area contributed by atoms with Crippen LogP contribution in [0.3, 0.4) is 0 Å². The fourth-order valence-corrected chi connectivity index (χ4v) is 3.03. The maximum absolute atomic E-state index is 2.67. The normalized spacial score (nSPS) is 10.2. The maximum Gasteiger partial charge on any atom is 0.350 e. The summed E-state index contributed by atoms with van der Waals surface area (Å²) in [5.74, 6) is 1.47. The summed E-state index contributed by atoms with van der Waals surface area (Å²) in [4.78, 5) is 5.09. The lowest BCUT2D eigenvalue weighted by Crippen LogP contribution is -3.00. The van der Waals surface area contributed by atoms with Gasteiger partial charge in [0.2, 0.25) is 0 Å². The second-order valence-corrected chi connectivity index (χ2v) is 6.05. The Balaban J connectivity index is 0. The van der Waals surface area contributed by atoms with E-state index in [1.165, 1.54) is 57.6 Å². The van der Waals surface area contributed by atoms with Crippen LogP contribution in [0.5, 0.6) is 0 Å². The first kappa shape index (κ1) is 24.8. The van der Waals surface area contributed by atoms with E-state index in [4.69, 9.17) is 0 Å². The maximum atomic E-state index is 2.67. The van der Waals surface area contributed by atoms with Crippen LogP contribution in [0.4, 0.5) is 0 Å². The average molecular weight is 348 g/mol. The SMILES string of the molecule is CCCCC[N+](CCCCC)=C(N(CC)CC)N(CC)CC.[Cl-]. The number of halogens is 1. The molecule has 3 nitrogen and oxygen atoms in total. The second-order valence-electron chi connectivity index (χ2n) is 6.05. The largest absolute Gasteiger partial charge is 1.00 e. The Morgan fingerprint density at radius 3 is 1.22 bits per heavy atom. The molecule has 0 rings (SSSR count). The molecular formula is C19H42ClN3. The molecule has 0 aromatic rings. The van der Waals surface area contributed by atoms with Gasteiger partial charge in [0.05, 0.1) is 39.3 Å². The monoisotopic (exact) mass is 347 g/mol. The molecule has 0 radical (unpaired) electrons. The van der Waals surface area contributed by atoms with Crippen molar-refractivity contribution in [3.63, 3.8) is 0 Å². The van der Waals surface area contributed by atoms with Crippen LogP contribution < -0.4 is 12.4 Å². The van der Waals surface area contributed by atoms with Gasteiger partial charge in [-0.25, -0.2) is 0 Å². The number of rotatable bonds is 12. The van der Waals surface area contributed by atoms with Crippen molar-refractivity contribution < 1.29 is 17.0 Å². The molecular weight excluding hydrogens is 306 g/mol. The Morgan fingerprint density at radius 2 is 0.957 bits per heavy atom. The van der Waals surface area contributed by atoms with Gasteiger partial charge in [-0.1, -0.05) is 39.5 Å². The van der Waals surface area contributed by atoms with Gasteiger partial charge in [-0.2, -0.15) is 0 Å². The van der Waals surface area contributed by atoms with Gasteiger partial charge in [0, 0.05) is 0 Å². The fourth-order valence-electron chi connectivity index (χ4n) is 3.03. The molecule has 0 aliphatic carbocycles. The van der Waals surface area contributed by atoms with E-state index in [-0.39, 0.29) is 12.4 Å². The highest BCUT2D eigenvalue weighted by molar-refractivity contribution is 5.75. The molecule has 0 saturated heterocycles. The Labute approximate surface area is 152 Å².